The highest BCUT2D eigenvalue weighted by Gasteiger charge is 2.31. The van der Waals surface area contributed by atoms with Crippen LogP contribution in [0.25, 0.3) is 6.08 Å². The Hall–Kier alpha value is -1.58. The predicted molar refractivity (Wildman–Crippen MR) is 122 cm³/mol. The third-order valence-corrected chi connectivity index (χ3v) is 5.81. The summed E-state index contributed by atoms with van der Waals surface area (Å²) >= 11 is 10.1. The molecule has 29 heavy (non-hydrogen) atoms. The molecule has 0 unspecified atom stereocenters. The molecule has 6 nitrogen and oxygen atoms in total. The summed E-state index contributed by atoms with van der Waals surface area (Å²) in [5.41, 5.74) is 0.789. The number of thioether (sulfide) groups is 1. The van der Waals surface area contributed by atoms with E-state index >= 15 is 0 Å². The zero-order valence-corrected chi connectivity index (χ0v) is 20.0. The Morgan fingerprint density at radius 1 is 1.38 bits per heavy atom. The summed E-state index contributed by atoms with van der Waals surface area (Å²) in [5, 5.41) is 0. The zero-order chi connectivity index (χ0) is 21.6. The quantitative estimate of drug-likeness (QED) is 0.273. The van der Waals surface area contributed by atoms with Crippen molar-refractivity contribution in [2.24, 2.45) is 0 Å². The van der Waals surface area contributed by atoms with Gasteiger partial charge in [-0.3, -0.25) is 14.5 Å². The second kappa shape index (κ2) is 11.0. The summed E-state index contributed by atoms with van der Waals surface area (Å²) < 4.78 is 17.4. The van der Waals surface area contributed by atoms with Gasteiger partial charge in [-0.05, 0) is 66.9 Å². The summed E-state index contributed by atoms with van der Waals surface area (Å²) in [5.74, 6) is 0.756. The minimum absolute atomic E-state index is 0.00286. The van der Waals surface area contributed by atoms with Crippen molar-refractivity contribution in [2.75, 3.05) is 20.3 Å². The number of carbonyl (C=O) groups excluding carboxylic acids is 2. The van der Waals surface area contributed by atoms with Gasteiger partial charge in [0.05, 0.1) is 29.2 Å². The van der Waals surface area contributed by atoms with Crippen molar-refractivity contribution in [1.82, 2.24) is 4.90 Å². The van der Waals surface area contributed by atoms with Crippen molar-refractivity contribution < 1.29 is 23.8 Å². The summed E-state index contributed by atoms with van der Waals surface area (Å²) in [6.45, 7) is 6.37. The average molecular weight is 502 g/mol. The number of halogens is 1. The molecule has 0 aliphatic carbocycles. The van der Waals surface area contributed by atoms with Crippen LogP contribution in [0.2, 0.25) is 0 Å². The Morgan fingerprint density at radius 2 is 2.10 bits per heavy atom. The van der Waals surface area contributed by atoms with Crippen LogP contribution in [0.1, 0.15) is 39.2 Å². The first-order valence-electron chi connectivity index (χ1n) is 9.22. The molecule has 1 aromatic carbocycles. The fourth-order valence-corrected chi connectivity index (χ4v) is 4.49. The van der Waals surface area contributed by atoms with Crippen LogP contribution < -0.4 is 9.47 Å². The Balaban J connectivity index is 2.14. The first-order chi connectivity index (χ1) is 13.8. The molecule has 1 amide bonds. The summed E-state index contributed by atoms with van der Waals surface area (Å²) in [4.78, 5) is 26.3. The number of carbonyl (C=O) groups is 2. The number of thiocarbonyl (C=S) groups is 1. The van der Waals surface area contributed by atoms with Crippen LogP contribution in [0.15, 0.2) is 21.5 Å². The molecule has 0 radical (unpaired) electrons. The van der Waals surface area contributed by atoms with Gasteiger partial charge in [-0.1, -0.05) is 24.0 Å². The molecule has 1 fully saturated rings. The Bertz CT molecular complexity index is 825. The average Bonchev–Trinajstić information content (AvgIpc) is 2.91. The molecule has 1 heterocycles. The third kappa shape index (κ3) is 6.45. The molecule has 1 aromatic rings. The fraction of sp³-hybridized carbons (Fsp3) is 0.450. The molecule has 9 heteroatoms. The van der Waals surface area contributed by atoms with Crippen molar-refractivity contribution in [1.29, 1.82) is 0 Å². The Labute approximate surface area is 189 Å². The number of benzene rings is 1. The van der Waals surface area contributed by atoms with Crippen molar-refractivity contribution in [2.45, 2.75) is 39.7 Å². The van der Waals surface area contributed by atoms with Gasteiger partial charge in [0.1, 0.15) is 4.32 Å². The molecule has 0 saturated carbocycles. The maximum atomic E-state index is 12.7. The van der Waals surface area contributed by atoms with E-state index in [0.717, 1.165) is 10.0 Å². The molecule has 0 aromatic heterocycles. The van der Waals surface area contributed by atoms with Gasteiger partial charge in [-0.15, -0.1) is 0 Å². The van der Waals surface area contributed by atoms with E-state index in [2.05, 4.69) is 15.9 Å². The van der Waals surface area contributed by atoms with Gasteiger partial charge in [0, 0.05) is 13.0 Å². The van der Waals surface area contributed by atoms with Gasteiger partial charge in [0.25, 0.3) is 5.91 Å². The van der Waals surface area contributed by atoms with E-state index in [4.69, 9.17) is 26.4 Å². The van der Waals surface area contributed by atoms with Gasteiger partial charge >= 0.3 is 5.97 Å². The van der Waals surface area contributed by atoms with Crippen molar-refractivity contribution in [3.8, 4) is 11.5 Å². The number of hydrogen-bond acceptors (Lipinski definition) is 7. The molecule has 1 saturated heterocycles. The summed E-state index contributed by atoms with van der Waals surface area (Å²) in [6, 6.07) is 3.68. The molecule has 1 aliphatic rings. The number of hydrogen-bond donors (Lipinski definition) is 0. The van der Waals surface area contributed by atoms with Crippen molar-refractivity contribution >= 4 is 62.2 Å². The number of ether oxygens (including phenoxy) is 3. The van der Waals surface area contributed by atoms with E-state index < -0.39 is 0 Å². The smallest absolute Gasteiger partial charge is 0.305 e. The number of esters is 1. The minimum atomic E-state index is -0.269. The molecule has 158 valence electrons. The highest BCUT2D eigenvalue weighted by Crippen LogP contribution is 2.39. The van der Waals surface area contributed by atoms with Crippen LogP contribution in [0.3, 0.4) is 0 Å². The topological polar surface area (TPSA) is 65.1 Å². The van der Waals surface area contributed by atoms with E-state index in [-0.39, 0.29) is 24.4 Å². The van der Waals surface area contributed by atoms with Gasteiger partial charge in [-0.25, -0.2) is 0 Å². The first kappa shape index (κ1) is 23.7. The van der Waals surface area contributed by atoms with Gasteiger partial charge < -0.3 is 14.2 Å². The lowest BCUT2D eigenvalue weighted by molar-refractivity contribution is -0.143. The van der Waals surface area contributed by atoms with E-state index in [0.29, 0.717) is 40.3 Å². The monoisotopic (exact) mass is 501 g/mol. The van der Waals surface area contributed by atoms with E-state index in [1.807, 2.05) is 26.0 Å². The molecule has 0 atom stereocenters. The lowest BCUT2D eigenvalue weighted by atomic mass is 10.1. The largest absolute Gasteiger partial charge is 0.493 e. The second-order valence-corrected chi connectivity index (χ2v) is 8.97. The molecule has 0 N–H and O–H groups in total. The zero-order valence-electron chi connectivity index (χ0n) is 16.8. The molecular formula is C20H24BrNO5S2. The SMILES string of the molecule is CCOC(=O)CCCN1C(=O)/C(=C/c2cc(Br)c(OC(C)C)c(OC)c2)SC1=S. The minimum Gasteiger partial charge on any atom is -0.493 e. The highest BCUT2D eigenvalue weighted by atomic mass is 79.9. The fourth-order valence-electron chi connectivity index (χ4n) is 2.63. The Morgan fingerprint density at radius 3 is 2.72 bits per heavy atom. The maximum Gasteiger partial charge on any atom is 0.305 e. The van der Waals surface area contributed by atoms with E-state index in [1.165, 1.54) is 16.7 Å². The van der Waals surface area contributed by atoms with Gasteiger partial charge in [-0.2, -0.15) is 0 Å². The lowest BCUT2D eigenvalue weighted by Crippen LogP contribution is -2.29. The first-order valence-corrected chi connectivity index (χ1v) is 11.2. The van der Waals surface area contributed by atoms with Crippen LogP contribution in [0, 0.1) is 0 Å². The number of methoxy groups -OCH3 is 1. The Kier molecular flexibility index (Phi) is 8.98. The lowest BCUT2D eigenvalue weighted by Gasteiger charge is -2.16. The molecule has 1 aliphatic heterocycles. The number of amides is 1. The van der Waals surface area contributed by atoms with Crippen LogP contribution in [-0.4, -0.2) is 47.5 Å². The van der Waals surface area contributed by atoms with Crippen LogP contribution in [0.5, 0.6) is 11.5 Å². The maximum absolute atomic E-state index is 12.7. The highest BCUT2D eigenvalue weighted by molar-refractivity contribution is 9.10. The second-order valence-electron chi connectivity index (χ2n) is 6.44. The molecule has 0 bridgehead atoms. The van der Waals surface area contributed by atoms with Crippen LogP contribution in [-0.2, 0) is 14.3 Å². The summed E-state index contributed by atoms with van der Waals surface area (Å²) in [7, 11) is 1.57. The standard InChI is InChI=1S/C20H24BrNO5S2/c1-5-26-17(23)7-6-8-22-19(24)16(29-20(22)28)11-13-9-14(21)18(27-12(2)3)15(10-13)25-4/h9-12H,5-8H2,1-4H3/b16-11-. The predicted octanol–water partition coefficient (Wildman–Crippen LogP) is 4.79. The van der Waals surface area contributed by atoms with Crippen molar-refractivity contribution in [3.05, 3.63) is 27.1 Å². The van der Waals surface area contributed by atoms with Gasteiger partial charge in [0.15, 0.2) is 11.5 Å². The third-order valence-electron chi connectivity index (χ3n) is 3.84. The number of nitrogens with zero attached hydrogens (tertiary/aromatic N) is 1. The summed E-state index contributed by atoms with van der Waals surface area (Å²) in [6.07, 6.45) is 2.53. The van der Waals surface area contributed by atoms with E-state index in [1.54, 1.807) is 20.1 Å². The van der Waals surface area contributed by atoms with Crippen LogP contribution >= 0.6 is 39.9 Å². The van der Waals surface area contributed by atoms with E-state index in [9.17, 15) is 9.59 Å². The molecule has 0 spiro atoms. The van der Waals surface area contributed by atoms with Gasteiger partial charge in [0.2, 0.25) is 0 Å². The van der Waals surface area contributed by atoms with Crippen LogP contribution in [0.4, 0.5) is 0 Å². The number of rotatable bonds is 9. The molecular weight excluding hydrogens is 478 g/mol. The molecule has 2 rings (SSSR count). The normalized spacial score (nSPS) is 15.4. The van der Waals surface area contributed by atoms with Crippen molar-refractivity contribution in [3.63, 3.8) is 0 Å².